The van der Waals surface area contributed by atoms with Gasteiger partial charge in [-0.05, 0) is 25.7 Å². The third kappa shape index (κ3) is 13.0. The van der Waals surface area contributed by atoms with Crippen molar-refractivity contribution in [3.8, 4) is 0 Å². The van der Waals surface area contributed by atoms with Crippen molar-refractivity contribution in [1.82, 2.24) is 5.32 Å². The summed E-state index contributed by atoms with van der Waals surface area (Å²) < 4.78 is 58.6. The molecule has 0 spiro atoms. The van der Waals surface area contributed by atoms with E-state index in [2.05, 4.69) is 5.32 Å². The van der Waals surface area contributed by atoms with Gasteiger partial charge in [0, 0.05) is 6.54 Å². The van der Waals surface area contributed by atoms with Crippen LogP contribution in [0.1, 0.15) is 79.1 Å². The second-order valence-electron chi connectivity index (χ2n) is 6.52. The van der Waals surface area contributed by atoms with E-state index < -0.39 is 32.6 Å². The number of nitrogens with one attached hydrogen (secondary N) is 1. The largest absolute Gasteiger partial charge is 0.288 e. The molecule has 2 atom stereocenters. The van der Waals surface area contributed by atoms with Crippen molar-refractivity contribution in [2.24, 2.45) is 0 Å². The molecule has 0 aliphatic carbocycles. The van der Waals surface area contributed by atoms with Gasteiger partial charge in [0.25, 0.3) is 20.2 Å². The van der Waals surface area contributed by atoms with E-state index in [4.69, 9.17) is 8.37 Å². The van der Waals surface area contributed by atoms with Gasteiger partial charge in [0.15, 0.2) is 0 Å². The van der Waals surface area contributed by atoms with Gasteiger partial charge in [0.2, 0.25) is 0 Å². The molecule has 0 saturated carbocycles. The fourth-order valence-corrected chi connectivity index (χ4v) is 4.91. The van der Waals surface area contributed by atoms with Crippen molar-refractivity contribution in [2.75, 3.05) is 18.1 Å². The molecule has 2 unspecified atom stereocenters. The molecule has 1 N–H and O–H groups in total. The molecule has 0 rings (SSSR count). The molecule has 0 aromatic carbocycles. The van der Waals surface area contributed by atoms with Crippen molar-refractivity contribution >= 4 is 20.2 Å². The van der Waals surface area contributed by atoms with E-state index in [0.717, 1.165) is 25.7 Å². The van der Waals surface area contributed by atoms with Gasteiger partial charge in [0.05, 0.1) is 17.6 Å². The first-order valence-electron chi connectivity index (χ1n) is 9.74. The predicted molar refractivity (Wildman–Crippen MR) is 105 cm³/mol. The van der Waals surface area contributed by atoms with E-state index in [9.17, 15) is 16.8 Å². The van der Waals surface area contributed by atoms with Crippen molar-refractivity contribution in [3.63, 3.8) is 0 Å². The molecule has 0 aliphatic rings. The topological polar surface area (TPSA) is 98.8 Å². The van der Waals surface area contributed by atoms with Gasteiger partial charge < -0.3 is 0 Å². The number of unbranched alkanes of at least 4 members (excludes halogenated alkanes) is 2. The van der Waals surface area contributed by atoms with Crippen LogP contribution >= 0.6 is 0 Å². The lowest BCUT2D eigenvalue weighted by Gasteiger charge is -2.22. The zero-order valence-corrected chi connectivity index (χ0v) is 18.3. The van der Waals surface area contributed by atoms with Crippen LogP contribution in [0.25, 0.3) is 0 Å². The monoisotopic (exact) mass is 415 g/mol. The maximum absolute atomic E-state index is 12.0. The van der Waals surface area contributed by atoms with Crippen LogP contribution in [0.3, 0.4) is 0 Å². The van der Waals surface area contributed by atoms with Gasteiger partial charge >= 0.3 is 0 Å². The van der Waals surface area contributed by atoms with Crippen LogP contribution in [0, 0.1) is 0 Å². The lowest BCUT2D eigenvalue weighted by molar-refractivity contribution is 0.125. The van der Waals surface area contributed by atoms with E-state index in [1.54, 1.807) is 0 Å². The fraction of sp³-hybridized carbons (Fsp3) is 1.00. The smallest absolute Gasteiger partial charge is 0.268 e. The fourth-order valence-electron chi connectivity index (χ4n) is 2.34. The first-order chi connectivity index (χ1) is 12.2. The Morgan fingerprint density at radius 2 is 1.23 bits per heavy atom. The average molecular weight is 416 g/mol. The second-order valence-corrected chi connectivity index (χ2v) is 9.95. The third-order valence-electron chi connectivity index (χ3n) is 3.78. The summed E-state index contributed by atoms with van der Waals surface area (Å²) in [6.07, 6.45) is 4.08. The molecule has 7 nitrogen and oxygen atoms in total. The molecular weight excluding hydrogens is 378 g/mol. The van der Waals surface area contributed by atoms with Crippen molar-refractivity contribution in [1.29, 1.82) is 0 Å². The molecule has 0 fully saturated rings. The molecule has 0 saturated heterocycles. The highest BCUT2D eigenvalue weighted by Gasteiger charge is 2.22. The minimum Gasteiger partial charge on any atom is -0.288 e. The SMILES string of the molecule is CCCCS(=O)(=O)OC(CCC)CNC(CCC)OS(=O)(=O)CCCC. The number of rotatable bonds is 17. The van der Waals surface area contributed by atoms with Crippen molar-refractivity contribution in [3.05, 3.63) is 0 Å². The van der Waals surface area contributed by atoms with Gasteiger partial charge in [0.1, 0.15) is 6.23 Å². The Kier molecular flexibility index (Phi) is 13.8. The Morgan fingerprint density at radius 1 is 0.731 bits per heavy atom. The Balaban J connectivity index is 4.77. The zero-order valence-electron chi connectivity index (χ0n) is 16.7. The maximum Gasteiger partial charge on any atom is 0.268 e. The summed E-state index contributed by atoms with van der Waals surface area (Å²) in [6, 6.07) is 0. The molecule has 0 aliphatic heterocycles. The maximum atomic E-state index is 12.0. The Bertz CT molecular complexity index is 498. The molecule has 0 aromatic rings. The van der Waals surface area contributed by atoms with Crippen LogP contribution in [0.5, 0.6) is 0 Å². The van der Waals surface area contributed by atoms with Gasteiger partial charge in [-0.15, -0.1) is 0 Å². The predicted octanol–water partition coefficient (Wildman–Crippen LogP) is 3.16. The summed E-state index contributed by atoms with van der Waals surface area (Å²) in [5.41, 5.74) is 0. The van der Waals surface area contributed by atoms with Crippen LogP contribution in [-0.4, -0.2) is 47.2 Å². The zero-order chi connectivity index (χ0) is 20.1. The molecular formula is C17H37NO6S2. The van der Waals surface area contributed by atoms with E-state index in [1.807, 2.05) is 27.7 Å². The second kappa shape index (κ2) is 13.9. The summed E-state index contributed by atoms with van der Waals surface area (Å²) >= 11 is 0. The third-order valence-corrected chi connectivity index (χ3v) is 6.44. The minimum atomic E-state index is -3.59. The lowest BCUT2D eigenvalue weighted by atomic mass is 10.2. The highest BCUT2D eigenvalue weighted by molar-refractivity contribution is 7.86. The van der Waals surface area contributed by atoms with Gasteiger partial charge in [-0.1, -0.05) is 53.4 Å². The Labute approximate surface area is 160 Å². The van der Waals surface area contributed by atoms with E-state index in [1.165, 1.54) is 0 Å². The summed E-state index contributed by atoms with van der Waals surface area (Å²) in [5, 5.41) is 3.03. The first-order valence-corrected chi connectivity index (χ1v) is 12.9. The van der Waals surface area contributed by atoms with Crippen LogP contribution in [0.4, 0.5) is 0 Å². The van der Waals surface area contributed by atoms with Crippen LogP contribution in [-0.2, 0) is 28.6 Å². The summed E-state index contributed by atoms with van der Waals surface area (Å²) in [5.74, 6) is -0.00429. The van der Waals surface area contributed by atoms with Crippen molar-refractivity contribution < 1.29 is 25.2 Å². The summed E-state index contributed by atoms with van der Waals surface area (Å²) in [4.78, 5) is 0. The van der Waals surface area contributed by atoms with Gasteiger partial charge in [-0.2, -0.15) is 16.8 Å². The summed E-state index contributed by atoms with van der Waals surface area (Å²) in [7, 11) is -7.17. The molecule has 158 valence electrons. The Hall–Kier alpha value is -0.220. The van der Waals surface area contributed by atoms with E-state index in [0.29, 0.717) is 25.7 Å². The molecule has 0 amide bonds. The normalized spacial score (nSPS) is 15.1. The standard InChI is InChI=1S/C17H37NO6S2/c1-5-9-13-25(19,20)23-16(11-7-3)15-18-17(12-8-4)24-26(21,22)14-10-6-2/h16-18H,5-15H2,1-4H3. The van der Waals surface area contributed by atoms with Crippen molar-refractivity contribution in [2.45, 2.75) is 91.4 Å². The average Bonchev–Trinajstić information content (AvgIpc) is 2.56. The van der Waals surface area contributed by atoms with Gasteiger partial charge in [-0.25, -0.2) is 0 Å². The lowest BCUT2D eigenvalue weighted by Crippen LogP contribution is -2.40. The number of hydrogen-bond donors (Lipinski definition) is 1. The van der Waals surface area contributed by atoms with Crippen LogP contribution < -0.4 is 5.32 Å². The molecule has 9 heteroatoms. The van der Waals surface area contributed by atoms with E-state index >= 15 is 0 Å². The highest BCUT2D eigenvalue weighted by atomic mass is 32.2. The quantitative estimate of drug-likeness (QED) is 0.288. The molecule has 0 bridgehead atoms. The highest BCUT2D eigenvalue weighted by Crippen LogP contribution is 2.11. The van der Waals surface area contributed by atoms with E-state index in [-0.39, 0.29) is 18.1 Å². The molecule has 0 aromatic heterocycles. The first kappa shape index (κ1) is 25.8. The summed E-state index contributed by atoms with van der Waals surface area (Å²) in [6.45, 7) is 7.96. The Morgan fingerprint density at radius 3 is 1.69 bits per heavy atom. The molecule has 0 radical (unpaired) electrons. The number of hydrogen-bond acceptors (Lipinski definition) is 7. The van der Waals surface area contributed by atoms with Gasteiger partial charge in [-0.3, -0.25) is 13.7 Å². The van der Waals surface area contributed by atoms with Crippen LogP contribution in [0.15, 0.2) is 0 Å². The molecule has 0 heterocycles. The molecule has 26 heavy (non-hydrogen) atoms. The van der Waals surface area contributed by atoms with Crippen LogP contribution in [0.2, 0.25) is 0 Å². The minimum absolute atomic E-state index is 0.00397.